The van der Waals surface area contributed by atoms with E-state index in [1.807, 2.05) is 0 Å². The summed E-state index contributed by atoms with van der Waals surface area (Å²) < 4.78 is 9.72. The van der Waals surface area contributed by atoms with Crippen molar-refractivity contribution in [3.05, 3.63) is 0 Å². The van der Waals surface area contributed by atoms with Gasteiger partial charge in [0.05, 0.1) is 6.61 Å². The monoisotopic (exact) mass is 279 g/mol. The molecule has 8 heteroatoms. The smallest absolute Gasteiger partial charge is 0.323 e. The second-order valence-electron chi connectivity index (χ2n) is 4.90. The summed E-state index contributed by atoms with van der Waals surface area (Å²) >= 11 is 0. The van der Waals surface area contributed by atoms with Crippen LogP contribution in [0, 0.1) is 5.92 Å². The number of rotatable bonds is 4. The minimum absolute atomic E-state index is 0.179. The molecule has 1 heterocycles. The van der Waals surface area contributed by atoms with Crippen molar-refractivity contribution >= 4 is 5.97 Å². The Morgan fingerprint density at radius 2 is 1.89 bits per heavy atom. The fraction of sp³-hybridized carbons (Fsp3) is 0.909. The van der Waals surface area contributed by atoms with Gasteiger partial charge in [-0.25, -0.2) is 0 Å². The van der Waals surface area contributed by atoms with Crippen molar-refractivity contribution in [3.8, 4) is 0 Å². The molecule has 0 aromatic heterocycles. The number of carbonyl (C=O) groups is 1. The predicted molar refractivity (Wildman–Crippen MR) is 62.7 cm³/mol. The molecule has 0 radical (unpaired) electrons. The fourth-order valence-corrected chi connectivity index (χ4v) is 1.68. The quantitative estimate of drug-likeness (QED) is 0.350. The number of hydrogen-bond acceptors (Lipinski definition) is 8. The van der Waals surface area contributed by atoms with Gasteiger partial charge in [0.25, 0.3) is 0 Å². The van der Waals surface area contributed by atoms with Crippen LogP contribution in [0.3, 0.4) is 0 Å². The lowest BCUT2D eigenvalue weighted by atomic mass is 9.99. The van der Waals surface area contributed by atoms with Gasteiger partial charge in [0.15, 0.2) is 12.4 Å². The fourth-order valence-electron chi connectivity index (χ4n) is 1.68. The minimum Gasteiger partial charge on any atom is -0.453 e. The summed E-state index contributed by atoms with van der Waals surface area (Å²) in [6.07, 6.45) is -7.27. The molecule has 0 bridgehead atoms. The normalized spacial score (nSPS) is 37.2. The number of hydrogen-bond donors (Lipinski definition) is 5. The first kappa shape index (κ1) is 16.3. The van der Waals surface area contributed by atoms with Crippen molar-refractivity contribution in [2.75, 3.05) is 6.61 Å². The van der Waals surface area contributed by atoms with Crippen LogP contribution in [-0.4, -0.2) is 69.8 Å². The molecule has 0 saturated carbocycles. The zero-order chi connectivity index (χ0) is 14.7. The second-order valence-corrected chi connectivity index (χ2v) is 4.90. The van der Waals surface area contributed by atoms with Gasteiger partial charge in [-0.05, 0) is 5.92 Å². The van der Waals surface area contributed by atoms with Crippen LogP contribution in [0.1, 0.15) is 13.8 Å². The number of esters is 1. The van der Waals surface area contributed by atoms with E-state index in [0.29, 0.717) is 0 Å². The molecule has 0 aromatic rings. The van der Waals surface area contributed by atoms with Crippen LogP contribution >= 0.6 is 0 Å². The Hall–Kier alpha value is -0.770. The predicted octanol–water partition coefficient (Wildman–Crippen LogP) is -2.69. The van der Waals surface area contributed by atoms with E-state index in [1.54, 1.807) is 13.8 Å². The lowest BCUT2D eigenvalue weighted by Gasteiger charge is -2.39. The first-order valence-corrected chi connectivity index (χ1v) is 6.06. The Labute approximate surface area is 110 Å². The van der Waals surface area contributed by atoms with Gasteiger partial charge in [0.2, 0.25) is 0 Å². The average Bonchev–Trinajstić information content (AvgIpc) is 2.37. The standard InChI is InChI=1S/C11H21NO7/c1-4(2)6(12)10(16)19-9-8(15)7(14)5(3-13)18-11(9)17/h4-9,11,13-15,17H,3,12H2,1-2H3/t5-,6+,7-,8+,9-,11?/m1/s1. The van der Waals surface area contributed by atoms with Crippen molar-refractivity contribution in [2.45, 2.75) is 50.6 Å². The summed E-state index contributed by atoms with van der Waals surface area (Å²) in [5.41, 5.74) is 5.58. The minimum atomic E-state index is -1.64. The van der Waals surface area contributed by atoms with Gasteiger partial charge in [-0.1, -0.05) is 13.8 Å². The highest BCUT2D eigenvalue weighted by Gasteiger charge is 2.46. The molecule has 0 amide bonds. The van der Waals surface area contributed by atoms with Crippen LogP contribution in [0.2, 0.25) is 0 Å². The third-order valence-electron chi connectivity index (χ3n) is 3.09. The van der Waals surface area contributed by atoms with Crippen LogP contribution < -0.4 is 5.73 Å². The lowest BCUT2D eigenvalue weighted by Crippen LogP contribution is -2.60. The molecule has 19 heavy (non-hydrogen) atoms. The van der Waals surface area contributed by atoms with E-state index in [0.717, 1.165) is 0 Å². The Kier molecular flexibility index (Phi) is 5.65. The van der Waals surface area contributed by atoms with Crippen molar-refractivity contribution < 1.29 is 34.7 Å². The van der Waals surface area contributed by atoms with E-state index < -0.39 is 49.3 Å². The number of aliphatic hydroxyl groups excluding tert-OH is 4. The van der Waals surface area contributed by atoms with Gasteiger partial charge in [-0.15, -0.1) is 0 Å². The third kappa shape index (κ3) is 3.62. The van der Waals surface area contributed by atoms with Gasteiger partial charge in [-0.3, -0.25) is 4.79 Å². The van der Waals surface area contributed by atoms with Crippen LogP contribution in [0.15, 0.2) is 0 Å². The average molecular weight is 279 g/mol. The van der Waals surface area contributed by atoms with Gasteiger partial charge < -0.3 is 35.6 Å². The Bertz CT molecular complexity index is 311. The van der Waals surface area contributed by atoms with Crippen molar-refractivity contribution in [1.82, 2.24) is 0 Å². The molecule has 6 atom stereocenters. The van der Waals surface area contributed by atoms with Gasteiger partial charge in [-0.2, -0.15) is 0 Å². The Morgan fingerprint density at radius 3 is 2.37 bits per heavy atom. The molecule has 112 valence electrons. The zero-order valence-electron chi connectivity index (χ0n) is 10.8. The largest absolute Gasteiger partial charge is 0.453 e. The molecule has 0 spiro atoms. The number of ether oxygens (including phenoxy) is 2. The molecular weight excluding hydrogens is 258 g/mol. The highest BCUT2D eigenvalue weighted by Crippen LogP contribution is 2.22. The molecule has 0 aromatic carbocycles. The summed E-state index contributed by atoms with van der Waals surface area (Å²) in [6, 6.07) is -0.910. The first-order valence-electron chi connectivity index (χ1n) is 6.06. The van der Waals surface area contributed by atoms with Crippen molar-refractivity contribution in [1.29, 1.82) is 0 Å². The van der Waals surface area contributed by atoms with Crippen molar-refractivity contribution in [3.63, 3.8) is 0 Å². The van der Waals surface area contributed by atoms with Gasteiger partial charge >= 0.3 is 5.97 Å². The summed E-state index contributed by atoms with van der Waals surface area (Å²) in [4.78, 5) is 11.6. The highest BCUT2D eigenvalue weighted by atomic mass is 16.7. The molecule has 1 unspecified atom stereocenters. The molecule has 1 rings (SSSR count). The van der Waals surface area contributed by atoms with Crippen LogP contribution in [0.5, 0.6) is 0 Å². The number of nitrogens with two attached hydrogens (primary N) is 1. The zero-order valence-corrected chi connectivity index (χ0v) is 10.8. The SMILES string of the molecule is CC(C)[C@H](N)C(=O)O[C@H]1C(O)O[C@H](CO)[C@@H](O)[C@@H]1O. The molecule has 8 nitrogen and oxygen atoms in total. The second kappa shape index (κ2) is 6.60. The molecule has 1 aliphatic rings. The lowest BCUT2D eigenvalue weighted by molar-refractivity contribution is -0.291. The third-order valence-corrected chi connectivity index (χ3v) is 3.09. The molecule has 0 aliphatic carbocycles. The summed E-state index contributed by atoms with van der Waals surface area (Å²) in [5.74, 6) is -0.988. The van der Waals surface area contributed by atoms with Crippen LogP contribution in [0.25, 0.3) is 0 Å². The van der Waals surface area contributed by atoms with Crippen molar-refractivity contribution in [2.24, 2.45) is 11.7 Å². The summed E-state index contributed by atoms with van der Waals surface area (Å²) in [6.45, 7) is 2.85. The Balaban J connectivity index is 2.70. The van der Waals surface area contributed by atoms with Crippen LogP contribution in [0.4, 0.5) is 0 Å². The summed E-state index contributed by atoms with van der Waals surface area (Å²) in [7, 11) is 0. The number of aliphatic hydroxyl groups is 4. The maximum atomic E-state index is 11.6. The van der Waals surface area contributed by atoms with E-state index in [-0.39, 0.29) is 5.92 Å². The summed E-state index contributed by atoms with van der Waals surface area (Å²) in [5, 5.41) is 37.9. The molecule has 1 aliphatic heterocycles. The van der Waals surface area contributed by atoms with Gasteiger partial charge in [0.1, 0.15) is 24.4 Å². The maximum absolute atomic E-state index is 11.6. The maximum Gasteiger partial charge on any atom is 0.323 e. The number of carbonyl (C=O) groups excluding carboxylic acids is 1. The van der Waals surface area contributed by atoms with E-state index in [9.17, 15) is 20.1 Å². The van der Waals surface area contributed by atoms with Gasteiger partial charge in [0, 0.05) is 0 Å². The van der Waals surface area contributed by atoms with Crippen LogP contribution in [-0.2, 0) is 14.3 Å². The first-order chi connectivity index (χ1) is 8.79. The molecule has 1 saturated heterocycles. The molecule has 1 fully saturated rings. The molecular formula is C11H21NO7. The molecule has 6 N–H and O–H groups in total. The topological polar surface area (TPSA) is 142 Å². The highest BCUT2D eigenvalue weighted by molar-refractivity contribution is 5.76. The Morgan fingerprint density at radius 1 is 1.32 bits per heavy atom. The van der Waals surface area contributed by atoms with E-state index in [4.69, 9.17) is 20.3 Å². The van der Waals surface area contributed by atoms with E-state index in [2.05, 4.69) is 0 Å². The van der Waals surface area contributed by atoms with E-state index >= 15 is 0 Å². The van der Waals surface area contributed by atoms with E-state index in [1.165, 1.54) is 0 Å².